The molecule has 0 spiro atoms. The molecule has 3 aromatic carbocycles. The third-order valence-corrected chi connectivity index (χ3v) is 8.09. The minimum atomic E-state index is -0.789. The molecule has 3 atom stereocenters. The molecule has 4 N–H and O–H groups in total. The smallest absolute Gasteiger partial charge is 0.167 e. The molecule has 7 nitrogen and oxygen atoms in total. The Balaban J connectivity index is 1.51. The van der Waals surface area contributed by atoms with E-state index < -0.39 is 12.5 Å². The number of carbonyl (C=O) groups is 3. The van der Waals surface area contributed by atoms with E-state index in [1.807, 2.05) is 30.3 Å². The van der Waals surface area contributed by atoms with E-state index in [2.05, 4.69) is 5.32 Å². The number of hydrogen-bond acceptors (Lipinski definition) is 7. The molecule has 0 bridgehead atoms. The summed E-state index contributed by atoms with van der Waals surface area (Å²) < 4.78 is 13.4. The van der Waals surface area contributed by atoms with Gasteiger partial charge in [0, 0.05) is 32.0 Å². The number of phenols is 1. The van der Waals surface area contributed by atoms with Crippen molar-refractivity contribution in [1.82, 2.24) is 5.32 Å². The Kier molecular flexibility index (Phi) is 10.7. The van der Waals surface area contributed by atoms with Crippen molar-refractivity contribution >= 4 is 17.3 Å². The zero-order valence-electron chi connectivity index (χ0n) is 23.8. The van der Waals surface area contributed by atoms with Crippen molar-refractivity contribution in [1.29, 1.82) is 0 Å². The van der Waals surface area contributed by atoms with Crippen LogP contribution in [0.5, 0.6) is 5.75 Å². The minimum absolute atomic E-state index is 0.0628. The lowest BCUT2D eigenvalue weighted by molar-refractivity contribution is -0.131. The van der Waals surface area contributed by atoms with Crippen molar-refractivity contribution in [2.75, 3.05) is 13.2 Å². The second-order valence-corrected chi connectivity index (χ2v) is 11.3. The van der Waals surface area contributed by atoms with Gasteiger partial charge in [0.1, 0.15) is 23.1 Å². The van der Waals surface area contributed by atoms with Crippen LogP contribution in [-0.4, -0.2) is 45.9 Å². The van der Waals surface area contributed by atoms with Crippen molar-refractivity contribution in [3.63, 3.8) is 0 Å². The first-order chi connectivity index (χ1) is 20.2. The molecule has 0 amide bonds. The van der Waals surface area contributed by atoms with E-state index in [0.717, 1.165) is 27.8 Å². The Morgan fingerprint density at radius 1 is 1.00 bits per heavy atom. The van der Waals surface area contributed by atoms with Crippen LogP contribution in [0.25, 0.3) is 11.1 Å². The van der Waals surface area contributed by atoms with Gasteiger partial charge in [-0.2, -0.15) is 0 Å². The lowest BCUT2D eigenvalue weighted by Crippen LogP contribution is -2.32. The van der Waals surface area contributed by atoms with E-state index in [4.69, 9.17) is 0 Å². The van der Waals surface area contributed by atoms with Crippen LogP contribution in [0.1, 0.15) is 59.7 Å². The average molecular weight is 576 g/mol. The fourth-order valence-electron chi connectivity index (χ4n) is 6.09. The number of aromatic hydroxyl groups is 1. The largest absolute Gasteiger partial charge is 0.507 e. The molecule has 0 aliphatic heterocycles. The first kappa shape index (κ1) is 31.2. The van der Waals surface area contributed by atoms with E-state index in [1.54, 1.807) is 12.1 Å². The zero-order chi connectivity index (χ0) is 30.2. The van der Waals surface area contributed by atoms with Crippen molar-refractivity contribution in [3.8, 4) is 16.9 Å². The number of carbonyl (C=O) groups excluding carboxylic acids is 3. The van der Waals surface area contributed by atoms with Gasteiger partial charge in [0.2, 0.25) is 0 Å². The van der Waals surface area contributed by atoms with Gasteiger partial charge in [-0.3, -0.25) is 14.4 Å². The molecule has 1 aliphatic rings. The third kappa shape index (κ3) is 7.76. The molecule has 1 aliphatic carbocycles. The summed E-state index contributed by atoms with van der Waals surface area (Å²) in [6, 6.07) is 17.7. The van der Waals surface area contributed by atoms with E-state index in [0.29, 0.717) is 31.5 Å². The lowest BCUT2D eigenvalue weighted by atomic mass is 9.72. The van der Waals surface area contributed by atoms with Crippen LogP contribution in [0, 0.1) is 23.6 Å². The van der Waals surface area contributed by atoms with Crippen molar-refractivity contribution in [2.45, 2.75) is 52.1 Å². The van der Waals surface area contributed by atoms with Crippen LogP contribution in [0.15, 0.2) is 60.7 Å². The number of aliphatic hydroxyl groups is 2. The highest BCUT2D eigenvalue weighted by molar-refractivity contribution is 6.03. The van der Waals surface area contributed by atoms with Crippen LogP contribution in [-0.2, 0) is 29.1 Å². The molecular formula is C34H38FNO6. The summed E-state index contributed by atoms with van der Waals surface area (Å²) in [7, 11) is 0. The van der Waals surface area contributed by atoms with Gasteiger partial charge in [0.15, 0.2) is 5.78 Å². The lowest BCUT2D eigenvalue weighted by Gasteiger charge is -2.31. The number of fused-ring (bicyclic) bond motifs is 1. The second-order valence-electron chi connectivity index (χ2n) is 11.3. The topological polar surface area (TPSA) is 124 Å². The molecule has 0 radical (unpaired) electrons. The summed E-state index contributed by atoms with van der Waals surface area (Å²) in [5.41, 5.74) is 4.68. The summed E-state index contributed by atoms with van der Waals surface area (Å²) in [6.45, 7) is 1.84. The van der Waals surface area contributed by atoms with Crippen molar-refractivity contribution in [2.24, 2.45) is 17.8 Å². The van der Waals surface area contributed by atoms with Gasteiger partial charge in [-0.1, -0.05) is 42.5 Å². The summed E-state index contributed by atoms with van der Waals surface area (Å²) >= 11 is 0. The predicted molar refractivity (Wildman–Crippen MR) is 157 cm³/mol. The summed E-state index contributed by atoms with van der Waals surface area (Å²) in [6.07, 6.45) is 1.09. The number of benzene rings is 3. The van der Waals surface area contributed by atoms with Gasteiger partial charge in [-0.25, -0.2) is 4.39 Å². The van der Waals surface area contributed by atoms with Crippen LogP contribution >= 0.6 is 0 Å². The van der Waals surface area contributed by atoms with Crippen LogP contribution < -0.4 is 5.32 Å². The number of halogens is 1. The fraction of sp³-hybridized carbons (Fsp3) is 0.382. The number of phenolic OH excluding ortho intramolecular Hbond substituents is 1. The van der Waals surface area contributed by atoms with Crippen LogP contribution in [0.3, 0.4) is 0 Å². The van der Waals surface area contributed by atoms with Gasteiger partial charge in [0.25, 0.3) is 0 Å². The molecule has 3 aromatic rings. The monoisotopic (exact) mass is 575 g/mol. The number of Topliss-reactive ketones (excluding diaryl/α,β-unsaturated/α-hetero) is 3. The van der Waals surface area contributed by atoms with Crippen molar-refractivity contribution in [3.05, 3.63) is 88.7 Å². The van der Waals surface area contributed by atoms with E-state index in [9.17, 15) is 34.1 Å². The highest BCUT2D eigenvalue weighted by atomic mass is 19.1. The maximum atomic E-state index is 13.4. The fourth-order valence-corrected chi connectivity index (χ4v) is 6.09. The average Bonchev–Trinajstić information content (AvgIpc) is 2.94. The SMILES string of the molecule is CC(=O)CC(=O)C(CO)C(CCO)CC1CC(=O)c2c(O)ccc(-c3ccc(CNCc4cccc(F)c4)cc3)c2C1. The van der Waals surface area contributed by atoms with Gasteiger partial charge in [-0.05, 0) is 84.0 Å². The summed E-state index contributed by atoms with van der Waals surface area (Å²) in [5, 5.41) is 33.6. The molecule has 42 heavy (non-hydrogen) atoms. The van der Waals surface area contributed by atoms with Gasteiger partial charge in [0.05, 0.1) is 18.6 Å². The number of rotatable bonds is 14. The molecule has 0 aromatic heterocycles. The Morgan fingerprint density at radius 2 is 1.74 bits per heavy atom. The summed E-state index contributed by atoms with van der Waals surface area (Å²) in [5.74, 6) is -2.48. The van der Waals surface area contributed by atoms with Crippen LogP contribution in [0.2, 0.25) is 0 Å². The van der Waals surface area contributed by atoms with Gasteiger partial charge in [-0.15, -0.1) is 0 Å². The molecule has 0 fully saturated rings. The predicted octanol–water partition coefficient (Wildman–Crippen LogP) is 4.78. The Bertz CT molecular complexity index is 1420. The number of hydrogen-bond donors (Lipinski definition) is 4. The molecule has 4 rings (SSSR count). The zero-order valence-corrected chi connectivity index (χ0v) is 23.8. The molecular weight excluding hydrogens is 537 g/mol. The highest BCUT2D eigenvalue weighted by Crippen LogP contribution is 2.41. The van der Waals surface area contributed by atoms with E-state index >= 15 is 0 Å². The third-order valence-electron chi connectivity index (χ3n) is 8.09. The van der Waals surface area contributed by atoms with Crippen LogP contribution in [0.4, 0.5) is 4.39 Å². The first-order valence-electron chi connectivity index (χ1n) is 14.4. The number of aliphatic hydroxyl groups excluding tert-OH is 2. The second kappa shape index (κ2) is 14.4. The minimum Gasteiger partial charge on any atom is -0.507 e. The van der Waals surface area contributed by atoms with Crippen molar-refractivity contribution < 1.29 is 34.1 Å². The molecule has 222 valence electrons. The molecule has 0 saturated carbocycles. The van der Waals surface area contributed by atoms with Gasteiger partial charge < -0.3 is 20.6 Å². The molecule has 8 heteroatoms. The molecule has 0 saturated heterocycles. The number of ketones is 3. The maximum absolute atomic E-state index is 13.4. The first-order valence-corrected chi connectivity index (χ1v) is 14.4. The maximum Gasteiger partial charge on any atom is 0.167 e. The Morgan fingerprint density at radius 3 is 2.40 bits per heavy atom. The molecule has 3 unspecified atom stereocenters. The Labute approximate surface area is 245 Å². The van der Waals surface area contributed by atoms with E-state index in [-0.39, 0.29) is 66.6 Å². The Hall–Kier alpha value is -3.72. The number of nitrogens with one attached hydrogen (secondary N) is 1. The quantitative estimate of drug-likeness (QED) is 0.204. The van der Waals surface area contributed by atoms with E-state index in [1.165, 1.54) is 25.1 Å². The highest BCUT2D eigenvalue weighted by Gasteiger charge is 2.35. The molecule has 0 heterocycles. The van der Waals surface area contributed by atoms with Gasteiger partial charge >= 0.3 is 0 Å². The standard InChI is InChI=1S/C34H38FNO6/c1-21(39)13-32(41)30(20-38)26(11-12-37)14-24-16-29-28(9-10-31(40)34(29)33(42)17-24)25-7-5-22(6-8-25)18-36-19-23-3-2-4-27(35)15-23/h2-10,15,24,26,30,36-38,40H,11-14,16-20H2,1H3. The normalized spacial score (nSPS) is 16.1. The summed E-state index contributed by atoms with van der Waals surface area (Å²) in [4.78, 5) is 37.5.